The van der Waals surface area contributed by atoms with Crippen LogP contribution in [0.5, 0.6) is 0 Å². The van der Waals surface area contributed by atoms with Crippen LogP contribution in [0.1, 0.15) is 252 Å². The predicted molar refractivity (Wildman–Crippen MR) is 249 cm³/mol. The van der Waals surface area contributed by atoms with Crippen molar-refractivity contribution in [2.45, 2.75) is 252 Å². The van der Waals surface area contributed by atoms with Gasteiger partial charge in [0.05, 0.1) is 0 Å². The van der Waals surface area contributed by atoms with Gasteiger partial charge in [0.1, 0.15) is 0 Å². The Bertz CT molecular complexity index is 940. The Morgan fingerprint density at radius 2 is 1.30 bits per heavy atom. The highest BCUT2D eigenvalue weighted by Crippen LogP contribution is 2.64. The van der Waals surface area contributed by atoms with Crippen LogP contribution in [0.2, 0.25) is 0 Å². The average molecular weight is 753 g/mol. The first-order chi connectivity index (χ1) is 25.4. The van der Waals surface area contributed by atoms with Crippen molar-refractivity contribution in [3.63, 3.8) is 0 Å². The van der Waals surface area contributed by atoms with E-state index >= 15 is 0 Å². The molecule has 0 aromatic heterocycles. The number of hydrogen-bond donors (Lipinski definition) is 0. The molecule has 3 fully saturated rings. The van der Waals surface area contributed by atoms with E-state index in [9.17, 15) is 0 Å². The number of hydrogen-bond acceptors (Lipinski definition) is 0. The standard InChI is InChI=1S/C27H50.C13H26.C12H26.C2H2/c1-7-23-24(26(5)17-14-21(4)15-18-26)16-19-27(6)22(12-13-25(23)27)11-9-8-10-20(2)3;1-6-12(4)9-10-13(5)8-7-11(2)3;1-6-8-10-12(5,9-7-2)11(3)4;1-2/h20-25H,7-19H2,1-6H3;11-12H,5-10H2,1-4H3;11H,6-10H2,1-5H3;1-2H. The zero-order chi connectivity index (χ0) is 41.5. The molecule has 0 amide bonds. The van der Waals surface area contributed by atoms with E-state index in [-0.39, 0.29) is 0 Å². The molecule has 3 saturated carbocycles. The molecule has 7 atom stereocenters. The van der Waals surface area contributed by atoms with Gasteiger partial charge in [0.15, 0.2) is 0 Å². The van der Waals surface area contributed by atoms with Crippen molar-refractivity contribution in [3.05, 3.63) is 12.2 Å². The van der Waals surface area contributed by atoms with Gasteiger partial charge in [-0.2, -0.15) is 0 Å². The van der Waals surface area contributed by atoms with Crippen LogP contribution in [0.25, 0.3) is 0 Å². The minimum Gasteiger partial charge on any atom is -0.124 e. The Morgan fingerprint density at radius 3 is 1.80 bits per heavy atom. The highest BCUT2D eigenvalue weighted by molar-refractivity contribution is 5.05. The SMILES string of the molecule is C#C.C=C(CCC(C)C)CCC(C)CC.CCC1C(C2(C)CCC(C)CC2)CCC2(C)C(CCCCC(C)C)CCC12.CCCCC(C)(CCC)C(C)C. The molecule has 0 heteroatoms. The van der Waals surface area contributed by atoms with Crippen molar-refractivity contribution < 1.29 is 0 Å². The second-order valence-corrected chi connectivity index (χ2v) is 21.5. The van der Waals surface area contributed by atoms with E-state index < -0.39 is 0 Å². The molecule has 0 heterocycles. The van der Waals surface area contributed by atoms with Crippen molar-refractivity contribution in [3.8, 4) is 12.8 Å². The molecule has 54 heavy (non-hydrogen) atoms. The summed E-state index contributed by atoms with van der Waals surface area (Å²) in [5, 5.41) is 0. The van der Waals surface area contributed by atoms with Crippen molar-refractivity contribution >= 4 is 0 Å². The Hall–Kier alpha value is -0.700. The highest BCUT2D eigenvalue weighted by Gasteiger charge is 2.55. The molecule has 0 aliphatic heterocycles. The molecule has 320 valence electrons. The third-order valence-corrected chi connectivity index (χ3v) is 16.1. The van der Waals surface area contributed by atoms with Crippen molar-refractivity contribution in [2.75, 3.05) is 0 Å². The van der Waals surface area contributed by atoms with Gasteiger partial charge in [-0.3, -0.25) is 0 Å². The molecule has 3 rings (SSSR count). The molecule has 3 aliphatic rings. The summed E-state index contributed by atoms with van der Waals surface area (Å²) in [5.41, 5.74) is 3.39. The smallest absolute Gasteiger partial charge is 0.0266 e. The molecule has 0 bridgehead atoms. The maximum atomic E-state index is 4.13. The lowest BCUT2D eigenvalue weighted by molar-refractivity contribution is -0.0582. The third-order valence-electron chi connectivity index (χ3n) is 16.1. The van der Waals surface area contributed by atoms with Crippen LogP contribution in [0, 0.1) is 82.4 Å². The average Bonchev–Trinajstić information content (AvgIpc) is 3.48. The second-order valence-electron chi connectivity index (χ2n) is 21.5. The first-order valence-corrected chi connectivity index (χ1v) is 24.4. The summed E-state index contributed by atoms with van der Waals surface area (Å²) < 4.78 is 0. The number of rotatable bonds is 20. The van der Waals surface area contributed by atoms with E-state index in [2.05, 4.69) is 123 Å². The largest absolute Gasteiger partial charge is 0.124 e. The van der Waals surface area contributed by atoms with Crippen LogP contribution in [-0.2, 0) is 0 Å². The molecule has 0 N–H and O–H groups in total. The van der Waals surface area contributed by atoms with Gasteiger partial charge in [0.2, 0.25) is 0 Å². The maximum absolute atomic E-state index is 4.13. The number of terminal acetylenes is 1. The van der Waals surface area contributed by atoms with Crippen LogP contribution in [0.3, 0.4) is 0 Å². The van der Waals surface area contributed by atoms with E-state index in [1.54, 1.807) is 25.7 Å². The predicted octanol–water partition coefficient (Wildman–Crippen LogP) is 18.6. The fraction of sp³-hybridized carbons (Fsp3) is 0.926. The van der Waals surface area contributed by atoms with Crippen molar-refractivity contribution in [1.29, 1.82) is 0 Å². The minimum atomic E-state index is 0.602. The topological polar surface area (TPSA) is 0 Å². The zero-order valence-electron chi connectivity index (χ0n) is 40.3. The Morgan fingerprint density at radius 1 is 0.704 bits per heavy atom. The number of fused-ring (bicyclic) bond motifs is 1. The van der Waals surface area contributed by atoms with E-state index in [0.717, 1.165) is 53.3 Å². The summed E-state index contributed by atoms with van der Waals surface area (Å²) >= 11 is 0. The van der Waals surface area contributed by atoms with Crippen molar-refractivity contribution in [1.82, 2.24) is 0 Å². The van der Waals surface area contributed by atoms with Gasteiger partial charge in [0.25, 0.3) is 0 Å². The third kappa shape index (κ3) is 18.3. The van der Waals surface area contributed by atoms with Crippen LogP contribution in [0.4, 0.5) is 0 Å². The fourth-order valence-corrected chi connectivity index (χ4v) is 11.2. The Kier molecular flexibility index (Phi) is 27.5. The summed E-state index contributed by atoms with van der Waals surface area (Å²) in [5.74, 6) is 8.50. The van der Waals surface area contributed by atoms with Crippen LogP contribution < -0.4 is 0 Å². The van der Waals surface area contributed by atoms with Gasteiger partial charge >= 0.3 is 0 Å². The van der Waals surface area contributed by atoms with Crippen LogP contribution in [-0.4, -0.2) is 0 Å². The van der Waals surface area contributed by atoms with Gasteiger partial charge in [-0.05, 0) is 153 Å². The normalized spacial score (nSPS) is 29.5. The molecule has 3 aliphatic carbocycles. The zero-order valence-corrected chi connectivity index (χ0v) is 40.3. The molecule has 0 aromatic rings. The summed E-state index contributed by atoms with van der Waals surface area (Å²) in [6, 6.07) is 0. The summed E-state index contributed by atoms with van der Waals surface area (Å²) in [6.45, 7) is 40.2. The molecule has 0 saturated heterocycles. The highest BCUT2D eigenvalue weighted by atomic mass is 14.6. The summed E-state index contributed by atoms with van der Waals surface area (Å²) in [7, 11) is 0. The first-order valence-electron chi connectivity index (χ1n) is 24.4. The quantitative estimate of drug-likeness (QED) is 0.0660. The first kappa shape index (κ1) is 53.3. The second kappa shape index (κ2) is 27.9. The van der Waals surface area contributed by atoms with Crippen molar-refractivity contribution in [2.24, 2.45) is 69.5 Å². The van der Waals surface area contributed by atoms with Gasteiger partial charge < -0.3 is 0 Å². The fourth-order valence-electron chi connectivity index (χ4n) is 11.2. The summed E-state index contributed by atoms with van der Waals surface area (Å²) in [6.07, 6.45) is 40.8. The van der Waals surface area contributed by atoms with Crippen LogP contribution >= 0.6 is 0 Å². The lowest BCUT2D eigenvalue weighted by atomic mass is 9.50. The number of unbranched alkanes of at least 4 members (excludes halogenated alkanes) is 2. The van der Waals surface area contributed by atoms with Crippen LogP contribution in [0.15, 0.2) is 12.2 Å². The van der Waals surface area contributed by atoms with E-state index in [0.29, 0.717) is 16.2 Å². The lowest BCUT2D eigenvalue weighted by Crippen LogP contribution is -2.47. The molecule has 0 aromatic carbocycles. The monoisotopic (exact) mass is 753 g/mol. The number of allylic oxidation sites excluding steroid dienone is 1. The molecule has 0 nitrogen and oxygen atoms in total. The van der Waals surface area contributed by atoms with E-state index in [1.807, 2.05) is 0 Å². The molecular formula is C54H104. The Labute approximate surface area is 344 Å². The molecule has 7 unspecified atom stereocenters. The van der Waals surface area contributed by atoms with Gasteiger partial charge in [-0.15, -0.1) is 12.8 Å². The van der Waals surface area contributed by atoms with E-state index in [1.165, 1.54) is 128 Å². The van der Waals surface area contributed by atoms with E-state index in [4.69, 9.17) is 0 Å². The molecule has 0 spiro atoms. The lowest BCUT2D eigenvalue weighted by Gasteiger charge is -2.55. The molecular weight excluding hydrogens is 649 g/mol. The van der Waals surface area contributed by atoms with Gasteiger partial charge in [-0.1, -0.05) is 180 Å². The van der Waals surface area contributed by atoms with Gasteiger partial charge in [-0.25, -0.2) is 0 Å². The minimum absolute atomic E-state index is 0.602. The Balaban J connectivity index is 0.000000873. The molecule has 0 radical (unpaired) electrons. The maximum Gasteiger partial charge on any atom is -0.0266 e. The van der Waals surface area contributed by atoms with Gasteiger partial charge in [0, 0.05) is 0 Å². The summed E-state index contributed by atoms with van der Waals surface area (Å²) in [4.78, 5) is 0.